The number of nitrogens with one attached hydrogen (secondary N) is 1. The molecule has 2 aromatic carbocycles. The number of carbonyl (C=O) groups is 1. The molecule has 3 aromatic rings. The molecule has 1 amide bonds. The Morgan fingerprint density at radius 1 is 1.14 bits per heavy atom. The van der Waals surface area contributed by atoms with Crippen LogP contribution in [0, 0.1) is 10.1 Å². The lowest BCUT2D eigenvalue weighted by Crippen LogP contribution is -2.18. The Kier molecular flexibility index (Phi) is 3.45. The van der Waals surface area contributed by atoms with Crippen LogP contribution in [0.25, 0.3) is 10.9 Å². The fourth-order valence-electron chi connectivity index (χ4n) is 2.15. The van der Waals surface area contributed by atoms with Crippen LogP contribution in [-0.4, -0.2) is 15.7 Å². The van der Waals surface area contributed by atoms with Crippen LogP contribution in [0.1, 0.15) is 0 Å². The molecule has 22 heavy (non-hydrogen) atoms. The highest BCUT2D eigenvalue weighted by Crippen LogP contribution is 2.22. The highest BCUT2D eigenvalue weighted by Gasteiger charge is 2.10. The van der Waals surface area contributed by atoms with E-state index in [0.717, 1.165) is 0 Å². The van der Waals surface area contributed by atoms with Gasteiger partial charge in [0.15, 0.2) is 0 Å². The largest absolute Gasteiger partial charge is 0.330 e. The molecule has 1 N–H and O–H groups in total. The van der Waals surface area contributed by atoms with Crippen molar-refractivity contribution >= 4 is 22.6 Å². The van der Waals surface area contributed by atoms with Crippen LogP contribution in [0.15, 0.2) is 60.8 Å². The van der Waals surface area contributed by atoms with Gasteiger partial charge in [0, 0.05) is 17.3 Å². The highest BCUT2D eigenvalue weighted by molar-refractivity contribution is 5.98. The number of fused-ring (bicyclic) bond motifs is 1. The summed E-state index contributed by atoms with van der Waals surface area (Å²) in [4.78, 5) is 27.0. The molecule has 0 fully saturated rings. The van der Waals surface area contributed by atoms with Crippen LogP contribution in [0.2, 0.25) is 0 Å². The van der Waals surface area contributed by atoms with E-state index in [9.17, 15) is 14.9 Å². The number of amides is 1. The van der Waals surface area contributed by atoms with E-state index < -0.39 is 5.09 Å². The van der Waals surface area contributed by atoms with Crippen LogP contribution >= 0.6 is 0 Å². The first kappa shape index (κ1) is 13.6. The van der Waals surface area contributed by atoms with Crippen molar-refractivity contribution in [3.05, 3.63) is 70.9 Å². The van der Waals surface area contributed by atoms with Gasteiger partial charge in [-0.2, -0.15) is 0 Å². The molecule has 0 saturated heterocycles. The van der Waals surface area contributed by atoms with Crippen molar-refractivity contribution in [2.24, 2.45) is 0 Å². The highest BCUT2D eigenvalue weighted by atomic mass is 17.0. The summed E-state index contributed by atoms with van der Waals surface area (Å²) in [6, 6.07) is 15.0. The fraction of sp³-hybridized carbons (Fsp3) is 0. The van der Waals surface area contributed by atoms with Crippen molar-refractivity contribution in [3.8, 4) is 5.75 Å². The van der Waals surface area contributed by atoms with Gasteiger partial charge in [-0.3, -0.25) is 9.40 Å². The van der Waals surface area contributed by atoms with Gasteiger partial charge in [-0.15, -0.1) is 10.1 Å². The molecule has 0 bridgehead atoms. The Morgan fingerprint density at radius 3 is 2.64 bits per heavy atom. The van der Waals surface area contributed by atoms with Gasteiger partial charge in [0.2, 0.25) is 0 Å². The minimum atomic E-state index is -0.875. The number of rotatable bonds is 3. The van der Waals surface area contributed by atoms with E-state index in [4.69, 9.17) is 0 Å². The molecule has 0 aliphatic rings. The summed E-state index contributed by atoms with van der Waals surface area (Å²) in [6.45, 7) is 0. The molecule has 0 unspecified atom stereocenters. The Hall–Kier alpha value is -3.35. The molecule has 0 saturated carbocycles. The molecule has 0 radical (unpaired) electrons. The number of hydrogen-bond acceptors (Lipinski definition) is 4. The fourth-order valence-corrected chi connectivity index (χ4v) is 2.15. The predicted octanol–water partition coefficient (Wildman–Crippen LogP) is 3.29. The second-order valence-electron chi connectivity index (χ2n) is 4.52. The van der Waals surface area contributed by atoms with Crippen molar-refractivity contribution < 1.29 is 14.7 Å². The SMILES string of the molecule is O=C(Nc1ccccc1)n1ccc2cc(O[N+](=O)[O-])ccc21. The van der Waals surface area contributed by atoms with Crippen LogP contribution < -0.4 is 10.2 Å². The number of benzene rings is 2. The van der Waals surface area contributed by atoms with E-state index >= 15 is 0 Å². The molecule has 0 aliphatic carbocycles. The van der Waals surface area contributed by atoms with E-state index in [1.165, 1.54) is 16.7 Å². The first-order chi connectivity index (χ1) is 10.6. The van der Waals surface area contributed by atoms with Gasteiger partial charge in [0.25, 0.3) is 5.09 Å². The zero-order valence-electron chi connectivity index (χ0n) is 11.3. The van der Waals surface area contributed by atoms with E-state index in [1.807, 2.05) is 18.2 Å². The molecule has 0 atom stereocenters. The number of para-hydroxylation sites is 1. The van der Waals surface area contributed by atoms with Gasteiger partial charge in [0.1, 0.15) is 5.75 Å². The van der Waals surface area contributed by atoms with Gasteiger partial charge >= 0.3 is 6.03 Å². The summed E-state index contributed by atoms with van der Waals surface area (Å²) in [5.74, 6) is 0.110. The Labute approximate surface area is 124 Å². The summed E-state index contributed by atoms with van der Waals surface area (Å²) in [5, 5.41) is 12.9. The second kappa shape index (κ2) is 5.57. The summed E-state index contributed by atoms with van der Waals surface area (Å²) >= 11 is 0. The molecule has 3 rings (SSSR count). The number of carbonyl (C=O) groups excluding carboxylic acids is 1. The van der Waals surface area contributed by atoms with Crippen LogP contribution in [0.3, 0.4) is 0 Å². The maximum atomic E-state index is 12.3. The van der Waals surface area contributed by atoms with Gasteiger partial charge < -0.3 is 5.32 Å². The van der Waals surface area contributed by atoms with Gasteiger partial charge in [-0.05, 0) is 36.4 Å². The molecule has 110 valence electrons. The number of hydrogen-bond donors (Lipinski definition) is 1. The maximum Gasteiger partial charge on any atom is 0.330 e. The van der Waals surface area contributed by atoms with Crippen LogP contribution in [-0.2, 0) is 0 Å². The van der Waals surface area contributed by atoms with Crippen molar-refractivity contribution in [1.29, 1.82) is 0 Å². The Morgan fingerprint density at radius 2 is 1.91 bits per heavy atom. The average molecular weight is 297 g/mol. The monoisotopic (exact) mass is 297 g/mol. The molecule has 0 spiro atoms. The third-order valence-electron chi connectivity index (χ3n) is 3.09. The number of anilines is 1. The third kappa shape index (κ3) is 2.73. The minimum absolute atomic E-state index is 0.110. The van der Waals surface area contributed by atoms with Gasteiger partial charge in [0.05, 0.1) is 5.52 Å². The Balaban J connectivity index is 1.88. The standard InChI is InChI=1S/C15H11N3O4/c19-15(16-12-4-2-1-3-5-12)17-9-8-11-10-13(22-18(20)21)6-7-14(11)17/h1-10H,(H,16,19). The van der Waals surface area contributed by atoms with E-state index in [-0.39, 0.29) is 11.8 Å². The topological polar surface area (TPSA) is 86.4 Å². The van der Waals surface area contributed by atoms with Gasteiger partial charge in [-0.1, -0.05) is 18.2 Å². The van der Waals surface area contributed by atoms with Crippen molar-refractivity contribution in [2.45, 2.75) is 0 Å². The van der Waals surface area contributed by atoms with Crippen molar-refractivity contribution in [1.82, 2.24) is 4.57 Å². The lowest BCUT2D eigenvalue weighted by Gasteiger charge is -2.07. The van der Waals surface area contributed by atoms with E-state index in [0.29, 0.717) is 16.6 Å². The predicted molar refractivity (Wildman–Crippen MR) is 80.4 cm³/mol. The Bertz CT molecular complexity index is 842. The van der Waals surface area contributed by atoms with Crippen LogP contribution in [0.5, 0.6) is 5.75 Å². The normalized spacial score (nSPS) is 10.4. The third-order valence-corrected chi connectivity index (χ3v) is 3.09. The first-order valence-electron chi connectivity index (χ1n) is 6.43. The smallest absolute Gasteiger partial charge is 0.307 e. The first-order valence-corrected chi connectivity index (χ1v) is 6.43. The minimum Gasteiger partial charge on any atom is -0.307 e. The van der Waals surface area contributed by atoms with Crippen LogP contribution in [0.4, 0.5) is 10.5 Å². The molecule has 1 heterocycles. The summed E-state index contributed by atoms with van der Waals surface area (Å²) in [7, 11) is 0. The molecule has 1 aromatic heterocycles. The van der Waals surface area contributed by atoms with Crippen molar-refractivity contribution in [3.63, 3.8) is 0 Å². The quantitative estimate of drug-likeness (QED) is 0.593. The number of aromatic nitrogens is 1. The lowest BCUT2D eigenvalue weighted by atomic mass is 10.2. The zero-order valence-corrected chi connectivity index (χ0v) is 11.3. The summed E-state index contributed by atoms with van der Waals surface area (Å²) < 4.78 is 1.43. The van der Waals surface area contributed by atoms with Gasteiger partial charge in [-0.25, -0.2) is 4.79 Å². The molecule has 0 aliphatic heterocycles. The molecule has 7 nitrogen and oxygen atoms in total. The average Bonchev–Trinajstić information content (AvgIpc) is 2.91. The molecule has 7 heteroatoms. The second-order valence-corrected chi connectivity index (χ2v) is 4.52. The van der Waals surface area contributed by atoms with E-state index in [1.54, 1.807) is 30.5 Å². The summed E-state index contributed by atoms with van der Waals surface area (Å²) in [5.41, 5.74) is 1.31. The number of nitrogens with zero attached hydrogens (tertiary/aromatic N) is 2. The maximum absolute atomic E-state index is 12.3. The molecular weight excluding hydrogens is 286 g/mol. The van der Waals surface area contributed by atoms with Crippen molar-refractivity contribution in [2.75, 3.05) is 5.32 Å². The lowest BCUT2D eigenvalue weighted by molar-refractivity contribution is -0.711. The van der Waals surface area contributed by atoms with E-state index in [2.05, 4.69) is 10.2 Å². The molecular formula is C15H11N3O4. The zero-order chi connectivity index (χ0) is 15.5. The summed E-state index contributed by atoms with van der Waals surface area (Å²) in [6.07, 6.45) is 1.60.